The zero-order valence-corrected chi connectivity index (χ0v) is 11.8. The Morgan fingerprint density at radius 3 is 2.56 bits per heavy atom. The summed E-state index contributed by atoms with van der Waals surface area (Å²) in [5, 5.41) is 0.706. The molecule has 100 valence electrons. The third-order valence-corrected chi connectivity index (χ3v) is 3.77. The minimum absolute atomic E-state index is 0.706. The number of anilines is 2. The standard InChI is InChI=1S/C14H22ClN3/c1-2-3-6-17-7-9-18(10-8-17)14-5-4-12(15)11-13(14)16/h4-5,11H,2-3,6-10,16H2,1H3. The van der Waals surface area contributed by atoms with Crippen molar-refractivity contribution in [3.63, 3.8) is 0 Å². The molecule has 0 aliphatic carbocycles. The van der Waals surface area contributed by atoms with Crippen LogP contribution in [0.25, 0.3) is 0 Å². The summed E-state index contributed by atoms with van der Waals surface area (Å²) in [6.45, 7) is 7.82. The number of halogens is 1. The summed E-state index contributed by atoms with van der Waals surface area (Å²) in [6, 6.07) is 5.77. The highest BCUT2D eigenvalue weighted by Gasteiger charge is 2.18. The molecular weight excluding hydrogens is 246 g/mol. The highest BCUT2D eigenvalue weighted by atomic mass is 35.5. The van der Waals surface area contributed by atoms with Crippen LogP contribution >= 0.6 is 11.6 Å². The van der Waals surface area contributed by atoms with Crippen molar-refractivity contribution >= 4 is 23.0 Å². The van der Waals surface area contributed by atoms with Crippen LogP contribution in [0.2, 0.25) is 5.02 Å². The molecule has 0 spiro atoms. The van der Waals surface area contributed by atoms with Gasteiger partial charge in [0.05, 0.1) is 11.4 Å². The van der Waals surface area contributed by atoms with Crippen molar-refractivity contribution in [3.05, 3.63) is 23.2 Å². The number of nitrogens with zero attached hydrogens (tertiary/aromatic N) is 2. The van der Waals surface area contributed by atoms with Crippen LogP contribution in [0.4, 0.5) is 11.4 Å². The van der Waals surface area contributed by atoms with Crippen molar-refractivity contribution in [3.8, 4) is 0 Å². The molecule has 1 heterocycles. The highest BCUT2D eigenvalue weighted by molar-refractivity contribution is 6.31. The lowest BCUT2D eigenvalue weighted by molar-refractivity contribution is 0.254. The topological polar surface area (TPSA) is 32.5 Å². The van der Waals surface area contributed by atoms with Gasteiger partial charge in [0.1, 0.15) is 0 Å². The number of nitrogens with two attached hydrogens (primary N) is 1. The van der Waals surface area contributed by atoms with E-state index < -0.39 is 0 Å². The zero-order valence-electron chi connectivity index (χ0n) is 11.0. The van der Waals surface area contributed by atoms with Crippen molar-refractivity contribution in [1.82, 2.24) is 4.90 Å². The summed E-state index contributed by atoms with van der Waals surface area (Å²) in [6.07, 6.45) is 2.56. The fourth-order valence-electron chi connectivity index (χ4n) is 2.41. The van der Waals surface area contributed by atoms with E-state index in [0.29, 0.717) is 5.02 Å². The molecule has 0 atom stereocenters. The number of hydrogen-bond donors (Lipinski definition) is 1. The minimum atomic E-state index is 0.706. The summed E-state index contributed by atoms with van der Waals surface area (Å²) >= 11 is 5.93. The summed E-state index contributed by atoms with van der Waals surface area (Å²) in [4.78, 5) is 4.89. The lowest BCUT2D eigenvalue weighted by Crippen LogP contribution is -2.46. The highest BCUT2D eigenvalue weighted by Crippen LogP contribution is 2.27. The molecule has 1 aromatic carbocycles. The average Bonchev–Trinajstić information content (AvgIpc) is 2.37. The van der Waals surface area contributed by atoms with Crippen LogP contribution in [0, 0.1) is 0 Å². The van der Waals surface area contributed by atoms with E-state index in [2.05, 4.69) is 16.7 Å². The molecule has 1 saturated heterocycles. The molecule has 2 rings (SSSR count). The van der Waals surface area contributed by atoms with E-state index in [-0.39, 0.29) is 0 Å². The molecule has 0 amide bonds. The fraction of sp³-hybridized carbons (Fsp3) is 0.571. The van der Waals surface area contributed by atoms with Gasteiger partial charge in [0, 0.05) is 31.2 Å². The van der Waals surface area contributed by atoms with Gasteiger partial charge in [-0.25, -0.2) is 0 Å². The van der Waals surface area contributed by atoms with E-state index in [4.69, 9.17) is 17.3 Å². The van der Waals surface area contributed by atoms with Crippen molar-refractivity contribution in [2.24, 2.45) is 0 Å². The first-order chi connectivity index (χ1) is 8.70. The van der Waals surface area contributed by atoms with Crippen LogP contribution in [0.3, 0.4) is 0 Å². The third kappa shape index (κ3) is 3.30. The summed E-state index contributed by atoms with van der Waals surface area (Å²) < 4.78 is 0. The molecule has 1 aliphatic rings. The van der Waals surface area contributed by atoms with Crippen molar-refractivity contribution < 1.29 is 0 Å². The molecule has 1 aliphatic heterocycles. The molecule has 1 aromatic rings. The predicted octanol–water partition coefficient (Wildman–Crippen LogP) is 2.84. The second kappa shape index (κ2) is 6.30. The zero-order chi connectivity index (χ0) is 13.0. The Bertz CT molecular complexity index is 387. The molecule has 0 bridgehead atoms. The fourth-order valence-corrected chi connectivity index (χ4v) is 2.59. The molecule has 0 unspecified atom stereocenters. The van der Waals surface area contributed by atoms with Crippen LogP contribution < -0.4 is 10.6 Å². The smallest absolute Gasteiger partial charge is 0.0601 e. The summed E-state index contributed by atoms with van der Waals surface area (Å²) in [5.74, 6) is 0. The lowest BCUT2D eigenvalue weighted by Gasteiger charge is -2.36. The Hall–Kier alpha value is -0.930. The van der Waals surface area contributed by atoms with Gasteiger partial charge in [-0.3, -0.25) is 4.90 Å². The van der Waals surface area contributed by atoms with Crippen LogP contribution in [-0.2, 0) is 0 Å². The second-order valence-electron chi connectivity index (χ2n) is 4.89. The van der Waals surface area contributed by atoms with Gasteiger partial charge in [-0.15, -0.1) is 0 Å². The maximum absolute atomic E-state index is 6.03. The van der Waals surface area contributed by atoms with Gasteiger partial charge in [0.15, 0.2) is 0 Å². The van der Waals surface area contributed by atoms with E-state index in [1.54, 1.807) is 0 Å². The van der Waals surface area contributed by atoms with Crippen LogP contribution in [0.1, 0.15) is 19.8 Å². The molecule has 1 fully saturated rings. The number of piperazine rings is 1. The first kappa shape index (κ1) is 13.5. The number of hydrogen-bond acceptors (Lipinski definition) is 3. The van der Waals surface area contributed by atoms with E-state index in [1.165, 1.54) is 19.4 Å². The Labute approximate surface area is 115 Å². The SMILES string of the molecule is CCCCN1CCN(c2ccc(Cl)cc2N)CC1. The molecule has 4 heteroatoms. The van der Waals surface area contributed by atoms with Crippen molar-refractivity contribution in [1.29, 1.82) is 0 Å². The monoisotopic (exact) mass is 267 g/mol. The van der Waals surface area contributed by atoms with Gasteiger partial charge < -0.3 is 10.6 Å². The Kier molecular flexibility index (Phi) is 4.72. The van der Waals surface area contributed by atoms with E-state index in [1.807, 2.05) is 18.2 Å². The predicted molar refractivity (Wildman–Crippen MR) is 79.4 cm³/mol. The summed E-state index contributed by atoms with van der Waals surface area (Å²) in [5.41, 5.74) is 7.93. The number of rotatable bonds is 4. The van der Waals surface area contributed by atoms with Crippen molar-refractivity contribution in [2.75, 3.05) is 43.4 Å². The van der Waals surface area contributed by atoms with E-state index in [9.17, 15) is 0 Å². The van der Waals surface area contributed by atoms with Crippen LogP contribution in [0.15, 0.2) is 18.2 Å². The van der Waals surface area contributed by atoms with Gasteiger partial charge in [0.2, 0.25) is 0 Å². The van der Waals surface area contributed by atoms with Crippen LogP contribution in [-0.4, -0.2) is 37.6 Å². The second-order valence-corrected chi connectivity index (χ2v) is 5.32. The maximum Gasteiger partial charge on any atom is 0.0601 e. The maximum atomic E-state index is 6.03. The first-order valence-corrected chi connectivity index (χ1v) is 7.11. The van der Waals surface area contributed by atoms with Gasteiger partial charge in [-0.1, -0.05) is 24.9 Å². The quantitative estimate of drug-likeness (QED) is 0.852. The Morgan fingerprint density at radius 2 is 1.94 bits per heavy atom. The average molecular weight is 268 g/mol. The van der Waals surface area contributed by atoms with Gasteiger partial charge in [-0.05, 0) is 31.2 Å². The van der Waals surface area contributed by atoms with E-state index >= 15 is 0 Å². The summed E-state index contributed by atoms with van der Waals surface area (Å²) in [7, 11) is 0. The number of benzene rings is 1. The third-order valence-electron chi connectivity index (χ3n) is 3.53. The first-order valence-electron chi connectivity index (χ1n) is 6.73. The lowest BCUT2D eigenvalue weighted by atomic mass is 10.2. The van der Waals surface area contributed by atoms with Crippen molar-refractivity contribution in [2.45, 2.75) is 19.8 Å². The van der Waals surface area contributed by atoms with Gasteiger partial charge in [-0.2, -0.15) is 0 Å². The minimum Gasteiger partial charge on any atom is -0.397 e. The van der Waals surface area contributed by atoms with Gasteiger partial charge in [0.25, 0.3) is 0 Å². The molecule has 18 heavy (non-hydrogen) atoms. The molecule has 0 radical (unpaired) electrons. The van der Waals surface area contributed by atoms with Crippen LogP contribution in [0.5, 0.6) is 0 Å². The Balaban J connectivity index is 1.93. The normalized spacial score (nSPS) is 17.1. The largest absolute Gasteiger partial charge is 0.397 e. The number of nitrogen functional groups attached to an aromatic ring is 1. The molecule has 2 N–H and O–H groups in total. The number of unbranched alkanes of at least 4 members (excludes halogenated alkanes) is 1. The van der Waals surface area contributed by atoms with E-state index in [0.717, 1.165) is 37.6 Å². The Morgan fingerprint density at radius 1 is 1.22 bits per heavy atom. The molecule has 0 aromatic heterocycles. The molecular formula is C14H22ClN3. The molecule has 3 nitrogen and oxygen atoms in total. The van der Waals surface area contributed by atoms with Gasteiger partial charge >= 0.3 is 0 Å². The molecule has 0 saturated carbocycles.